The molecule has 0 aliphatic rings. The highest BCUT2D eigenvalue weighted by Crippen LogP contribution is 2.20. The Morgan fingerprint density at radius 1 is 1.29 bits per heavy atom. The van der Waals surface area contributed by atoms with E-state index >= 15 is 0 Å². The van der Waals surface area contributed by atoms with Crippen molar-refractivity contribution >= 4 is 22.6 Å². The van der Waals surface area contributed by atoms with E-state index in [0.717, 1.165) is 0 Å². The number of nitrogens with zero attached hydrogens (tertiary/aromatic N) is 4. The van der Waals surface area contributed by atoms with Crippen LogP contribution in [-0.2, 0) is 0 Å². The maximum Gasteiger partial charge on any atom is 0.338 e. The lowest BCUT2D eigenvalue weighted by molar-refractivity contribution is -0.384. The quantitative estimate of drug-likeness (QED) is 0.581. The van der Waals surface area contributed by atoms with E-state index in [-0.39, 0.29) is 11.3 Å². The minimum absolute atomic E-state index is 0.00990. The van der Waals surface area contributed by atoms with Crippen molar-refractivity contribution in [3.05, 3.63) is 58.4 Å². The van der Waals surface area contributed by atoms with Gasteiger partial charge < -0.3 is 5.11 Å². The molecule has 0 bridgehead atoms. The van der Waals surface area contributed by atoms with E-state index in [0.29, 0.717) is 16.7 Å². The standard InChI is InChI=1S/C13H8N4O4/c18-13(19)9-6-14-16(7-9)12-4-1-8-5-10(17(20)21)2-3-11(8)15-12/h1-7H,(H,18,19). The van der Waals surface area contributed by atoms with Gasteiger partial charge in [-0.3, -0.25) is 10.1 Å². The smallest absolute Gasteiger partial charge is 0.338 e. The number of carboxylic acid groups (broad SMARTS) is 1. The highest BCUT2D eigenvalue weighted by molar-refractivity contribution is 5.87. The number of rotatable bonds is 3. The number of nitro groups is 1. The van der Waals surface area contributed by atoms with E-state index in [1.54, 1.807) is 18.2 Å². The number of non-ortho nitro benzene ring substituents is 1. The molecule has 3 aromatic rings. The lowest BCUT2D eigenvalue weighted by Crippen LogP contribution is -1.99. The Balaban J connectivity index is 2.06. The van der Waals surface area contributed by atoms with Crippen LogP contribution < -0.4 is 0 Å². The molecule has 0 unspecified atom stereocenters. The first-order valence-electron chi connectivity index (χ1n) is 5.88. The van der Waals surface area contributed by atoms with E-state index in [9.17, 15) is 14.9 Å². The maximum atomic E-state index is 10.8. The number of nitro benzene ring substituents is 1. The molecule has 3 rings (SSSR count). The number of pyridine rings is 1. The molecule has 0 aliphatic carbocycles. The molecule has 1 N–H and O–H groups in total. The molecule has 2 aromatic heterocycles. The number of aromatic nitrogens is 3. The van der Waals surface area contributed by atoms with Gasteiger partial charge in [-0.05, 0) is 18.2 Å². The molecule has 8 nitrogen and oxygen atoms in total. The third-order valence-electron chi connectivity index (χ3n) is 2.93. The molecule has 21 heavy (non-hydrogen) atoms. The number of carboxylic acids is 1. The predicted molar refractivity (Wildman–Crippen MR) is 72.5 cm³/mol. The monoisotopic (exact) mass is 284 g/mol. The SMILES string of the molecule is O=C(O)c1cnn(-c2ccc3cc([N+](=O)[O-])ccc3n2)c1. The van der Waals surface area contributed by atoms with Crippen LogP contribution in [0.15, 0.2) is 42.7 Å². The van der Waals surface area contributed by atoms with Crippen molar-refractivity contribution in [1.82, 2.24) is 14.8 Å². The van der Waals surface area contributed by atoms with Gasteiger partial charge in [0, 0.05) is 23.7 Å². The molecule has 2 heterocycles. The van der Waals surface area contributed by atoms with Crippen molar-refractivity contribution in [2.24, 2.45) is 0 Å². The Morgan fingerprint density at radius 2 is 2.10 bits per heavy atom. The Hall–Kier alpha value is -3.29. The fourth-order valence-electron chi connectivity index (χ4n) is 1.90. The van der Waals surface area contributed by atoms with Crippen molar-refractivity contribution in [1.29, 1.82) is 0 Å². The van der Waals surface area contributed by atoms with Crippen molar-refractivity contribution < 1.29 is 14.8 Å². The Kier molecular flexibility index (Phi) is 2.83. The first kappa shape index (κ1) is 12.7. The van der Waals surface area contributed by atoms with Gasteiger partial charge in [-0.25, -0.2) is 14.5 Å². The van der Waals surface area contributed by atoms with E-state index in [1.807, 2.05) is 0 Å². The van der Waals surface area contributed by atoms with Gasteiger partial charge in [0.2, 0.25) is 0 Å². The van der Waals surface area contributed by atoms with Gasteiger partial charge in [0.05, 0.1) is 22.2 Å². The Bertz CT molecular complexity index is 871. The second-order valence-electron chi connectivity index (χ2n) is 4.28. The fourth-order valence-corrected chi connectivity index (χ4v) is 1.90. The Morgan fingerprint density at radius 3 is 2.76 bits per heavy atom. The molecule has 8 heteroatoms. The molecule has 0 amide bonds. The zero-order chi connectivity index (χ0) is 15.0. The van der Waals surface area contributed by atoms with Gasteiger partial charge in [0.1, 0.15) is 0 Å². The van der Waals surface area contributed by atoms with Gasteiger partial charge >= 0.3 is 5.97 Å². The highest BCUT2D eigenvalue weighted by Gasteiger charge is 2.10. The number of carbonyl (C=O) groups is 1. The largest absolute Gasteiger partial charge is 0.478 e. The highest BCUT2D eigenvalue weighted by atomic mass is 16.6. The summed E-state index contributed by atoms with van der Waals surface area (Å²) in [4.78, 5) is 25.4. The summed E-state index contributed by atoms with van der Waals surface area (Å²) in [6.45, 7) is 0. The van der Waals surface area contributed by atoms with E-state index < -0.39 is 10.9 Å². The lowest BCUT2D eigenvalue weighted by atomic mass is 10.2. The van der Waals surface area contributed by atoms with Crippen molar-refractivity contribution in [2.75, 3.05) is 0 Å². The topological polar surface area (TPSA) is 111 Å². The van der Waals surface area contributed by atoms with Gasteiger partial charge in [-0.15, -0.1) is 0 Å². The van der Waals surface area contributed by atoms with E-state index in [4.69, 9.17) is 5.11 Å². The summed E-state index contributed by atoms with van der Waals surface area (Å²) in [6, 6.07) is 7.62. The number of aromatic carboxylic acids is 1. The minimum atomic E-state index is -1.07. The zero-order valence-electron chi connectivity index (χ0n) is 10.5. The van der Waals surface area contributed by atoms with Crippen LogP contribution in [0.5, 0.6) is 0 Å². The van der Waals surface area contributed by atoms with Crippen LogP contribution in [0, 0.1) is 10.1 Å². The van der Waals surface area contributed by atoms with E-state index in [2.05, 4.69) is 10.1 Å². The minimum Gasteiger partial charge on any atom is -0.478 e. The van der Waals surface area contributed by atoms with Crippen LogP contribution in [0.1, 0.15) is 10.4 Å². The number of benzene rings is 1. The van der Waals surface area contributed by atoms with Gasteiger partial charge in [0.15, 0.2) is 5.82 Å². The van der Waals surface area contributed by atoms with Crippen LogP contribution in [0.2, 0.25) is 0 Å². The summed E-state index contributed by atoms with van der Waals surface area (Å²) in [5, 5.41) is 24.1. The average molecular weight is 284 g/mol. The first-order chi connectivity index (χ1) is 10.0. The summed E-state index contributed by atoms with van der Waals surface area (Å²) in [6.07, 6.45) is 2.58. The molecule has 0 spiro atoms. The van der Waals surface area contributed by atoms with Crippen LogP contribution in [0.25, 0.3) is 16.7 Å². The molecule has 1 aromatic carbocycles. The number of hydrogen-bond donors (Lipinski definition) is 1. The van der Waals surface area contributed by atoms with Crippen molar-refractivity contribution in [3.63, 3.8) is 0 Å². The molecular weight excluding hydrogens is 276 g/mol. The molecule has 0 saturated carbocycles. The van der Waals surface area contributed by atoms with Crippen LogP contribution in [-0.4, -0.2) is 30.8 Å². The Labute approximate surface area is 117 Å². The summed E-state index contributed by atoms with van der Waals surface area (Å²) in [5.41, 5.74) is 0.607. The maximum absolute atomic E-state index is 10.8. The van der Waals surface area contributed by atoms with Crippen molar-refractivity contribution in [3.8, 4) is 5.82 Å². The second kappa shape index (κ2) is 4.67. The van der Waals surface area contributed by atoms with Crippen LogP contribution in [0.4, 0.5) is 5.69 Å². The molecular formula is C13H8N4O4. The second-order valence-corrected chi connectivity index (χ2v) is 4.28. The number of fused-ring (bicyclic) bond motifs is 1. The van der Waals surface area contributed by atoms with Crippen LogP contribution in [0.3, 0.4) is 0 Å². The zero-order valence-corrected chi connectivity index (χ0v) is 10.5. The van der Waals surface area contributed by atoms with Crippen molar-refractivity contribution in [2.45, 2.75) is 0 Å². The summed E-state index contributed by atoms with van der Waals surface area (Å²) >= 11 is 0. The number of hydrogen-bond acceptors (Lipinski definition) is 5. The summed E-state index contributed by atoms with van der Waals surface area (Å²) in [7, 11) is 0. The average Bonchev–Trinajstić information content (AvgIpc) is 2.96. The van der Waals surface area contributed by atoms with Gasteiger partial charge in [0.25, 0.3) is 5.69 Å². The third kappa shape index (κ3) is 2.29. The predicted octanol–water partition coefficient (Wildman–Crippen LogP) is 2.03. The molecule has 0 radical (unpaired) electrons. The third-order valence-corrected chi connectivity index (χ3v) is 2.93. The summed E-state index contributed by atoms with van der Waals surface area (Å²) in [5.74, 6) is -0.637. The molecule has 0 fully saturated rings. The normalized spacial score (nSPS) is 10.7. The molecule has 104 valence electrons. The van der Waals surface area contributed by atoms with E-state index in [1.165, 1.54) is 29.2 Å². The molecule has 0 aliphatic heterocycles. The fraction of sp³-hybridized carbons (Fsp3) is 0. The van der Waals surface area contributed by atoms with Gasteiger partial charge in [-0.2, -0.15) is 5.10 Å². The summed E-state index contributed by atoms with van der Waals surface area (Å²) < 4.78 is 1.34. The van der Waals surface area contributed by atoms with Crippen LogP contribution >= 0.6 is 0 Å². The molecule has 0 saturated heterocycles. The molecule has 0 atom stereocenters. The van der Waals surface area contributed by atoms with Gasteiger partial charge in [-0.1, -0.05) is 0 Å². The lowest BCUT2D eigenvalue weighted by Gasteiger charge is -2.02. The first-order valence-corrected chi connectivity index (χ1v) is 5.88.